The molecule has 2 N–H and O–H groups in total. The maximum Gasteiger partial charge on any atom is 0.269 e. The fourth-order valence-corrected chi connectivity index (χ4v) is 1.34. The number of hydrogen-bond donors (Lipinski definition) is 2. The molecule has 0 bridgehead atoms. The van der Waals surface area contributed by atoms with Crippen LogP contribution in [0.1, 0.15) is 13.3 Å². The predicted molar refractivity (Wildman–Crippen MR) is 67.9 cm³/mol. The summed E-state index contributed by atoms with van der Waals surface area (Å²) in [4.78, 5) is 20.6. The number of aliphatic hydroxyl groups excluding tert-OH is 1. The third-order valence-electron chi connectivity index (χ3n) is 2.35. The Bertz CT molecular complexity index is 432. The maximum absolute atomic E-state index is 10.6. The van der Waals surface area contributed by atoms with Gasteiger partial charge in [0.05, 0.1) is 17.6 Å². The highest BCUT2D eigenvalue weighted by Gasteiger charge is 2.07. The molecule has 1 unspecified atom stereocenters. The third kappa shape index (κ3) is 5.82. The first-order valence-electron chi connectivity index (χ1n) is 5.79. The number of benzene rings is 1. The Morgan fingerprint density at radius 3 is 2.63 bits per heavy atom. The molecular weight excluding hydrogens is 252 g/mol. The number of amides is 1. The lowest BCUT2D eigenvalue weighted by Gasteiger charge is -2.11. The molecule has 1 atom stereocenters. The van der Waals surface area contributed by atoms with Gasteiger partial charge >= 0.3 is 0 Å². The zero-order chi connectivity index (χ0) is 14.3. The molecule has 0 heterocycles. The number of nitro groups is 1. The summed E-state index contributed by atoms with van der Waals surface area (Å²) >= 11 is 0. The van der Waals surface area contributed by atoms with Crippen molar-refractivity contribution < 1.29 is 19.6 Å². The molecule has 7 heteroatoms. The smallest absolute Gasteiger partial charge is 0.269 e. The largest absolute Gasteiger partial charge is 0.493 e. The Balaban J connectivity index is 2.29. The van der Waals surface area contributed by atoms with Gasteiger partial charge in [0.25, 0.3) is 5.69 Å². The van der Waals surface area contributed by atoms with Crippen LogP contribution in [0.4, 0.5) is 5.69 Å². The van der Waals surface area contributed by atoms with Crippen LogP contribution < -0.4 is 10.1 Å². The van der Waals surface area contributed by atoms with Crippen LogP contribution in [-0.2, 0) is 4.79 Å². The highest BCUT2D eigenvalue weighted by Crippen LogP contribution is 2.17. The van der Waals surface area contributed by atoms with E-state index in [1.54, 1.807) is 0 Å². The molecule has 1 rings (SSSR count). The standard InChI is InChI=1S/C12H16N2O5/c1-9(15)13-8-11(16)6-7-19-12-4-2-10(3-5-12)14(17)18/h2-5,11,16H,6-8H2,1H3,(H,13,15). The van der Waals surface area contributed by atoms with Crippen LogP contribution in [0.15, 0.2) is 24.3 Å². The molecule has 1 aromatic rings. The number of aliphatic hydroxyl groups is 1. The molecule has 7 nitrogen and oxygen atoms in total. The van der Waals surface area contributed by atoms with Crippen molar-refractivity contribution in [3.05, 3.63) is 34.4 Å². The summed E-state index contributed by atoms with van der Waals surface area (Å²) in [6.45, 7) is 1.82. The van der Waals surface area contributed by atoms with E-state index in [0.717, 1.165) is 0 Å². The number of nitrogens with zero attached hydrogens (tertiary/aromatic N) is 1. The molecule has 0 aliphatic heterocycles. The van der Waals surface area contributed by atoms with Crippen LogP contribution >= 0.6 is 0 Å². The molecule has 0 radical (unpaired) electrons. The summed E-state index contributed by atoms with van der Waals surface area (Å²) in [6.07, 6.45) is -0.320. The van der Waals surface area contributed by atoms with E-state index in [0.29, 0.717) is 12.2 Å². The minimum Gasteiger partial charge on any atom is -0.493 e. The topological polar surface area (TPSA) is 102 Å². The molecule has 1 amide bonds. The predicted octanol–water partition coefficient (Wildman–Crippen LogP) is 0.861. The first-order valence-corrected chi connectivity index (χ1v) is 5.79. The van der Waals surface area contributed by atoms with E-state index in [1.165, 1.54) is 31.2 Å². The number of carbonyl (C=O) groups is 1. The molecule has 0 saturated heterocycles. The fourth-order valence-electron chi connectivity index (χ4n) is 1.34. The maximum atomic E-state index is 10.6. The summed E-state index contributed by atoms with van der Waals surface area (Å²) in [5.74, 6) is 0.299. The number of ether oxygens (including phenoxy) is 1. The van der Waals surface area contributed by atoms with Crippen LogP contribution in [0.3, 0.4) is 0 Å². The summed E-state index contributed by atoms with van der Waals surface area (Å²) < 4.78 is 5.32. The number of rotatable bonds is 7. The van der Waals surface area contributed by atoms with Gasteiger partial charge in [-0.1, -0.05) is 0 Å². The van der Waals surface area contributed by atoms with Gasteiger partial charge in [-0.25, -0.2) is 0 Å². The van der Waals surface area contributed by atoms with Crippen molar-refractivity contribution in [3.63, 3.8) is 0 Å². The lowest BCUT2D eigenvalue weighted by atomic mass is 10.2. The lowest BCUT2D eigenvalue weighted by Crippen LogP contribution is -2.31. The molecule has 0 aliphatic carbocycles. The van der Waals surface area contributed by atoms with Crippen molar-refractivity contribution in [3.8, 4) is 5.75 Å². The summed E-state index contributed by atoms with van der Waals surface area (Å²) in [5.41, 5.74) is -0.00181. The van der Waals surface area contributed by atoms with Gasteiger partial charge in [0.2, 0.25) is 5.91 Å². The van der Waals surface area contributed by atoms with Crippen molar-refractivity contribution in [2.24, 2.45) is 0 Å². The second kappa shape index (κ2) is 7.32. The Kier molecular flexibility index (Phi) is 5.74. The number of hydrogen-bond acceptors (Lipinski definition) is 5. The SMILES string of the molecule is CC(=O)NCC(O)CCOc1ccc([N+](=O)[O-])cc1. The fraction of sp³-hybridized carbons (Fsp3) is 0.417. The van der Waals surface area contributed by atoms with Crippen LogP contribution in [0.2, 0.25) is 0 Å². The van der Waals surface area contributed by atoms with E-state index in [4.69, 9.17) is 4.74 Å². The van der Waals surface area contributed by atoms with Gasteiger partial charge in [0.1, 0.15) is 5.75 Å². The Morgan fingerprint density at radius 2 is 2.11 bits per heavy atom. The lowest BCUT2D eigenvalue weighted by molar-refractivity contribution is -0.384. The van der Waals surface area contributed by atoms with E-state index in [2.05, 4.69) is 5.32 Å². The van der Waals surface area contributed by atoms with Gasteiger partial charge in [-0.2, -0.15) is 0 Å². The number of carbonyl (C=O) groups excluding carboxylic acids is 1. The summed E-state index contributed by atoms with van der Waals surface area (Å²) in [6, 6.07) is 5.70. The second-order valence-electron chi connectivity index (χ2n) is 3.98. The van der Waals surface area contributed by atoms with E-state index in [9.17, 15) is 20.0 Å². The van der Waals surface area contributed by atoms with E-state index in [1.807, 2.05) is 0 Å². The van der Waals surface area contributed by atoms with Crippen molar-refractivity contribution >= 4 is 11.6 Å². The normalized spacial score (nSPS) is 11.7. The zero-order valence-corrected chi connectivity index (χ0v) is 10.5. The van der Waals surface area contributed by atoms with Crippen LogP contribution in [0, 0.1) is 10.1 Å². The number of nitrogens with one attached hydrogen (secondary N) is 1. The van der Waals surface area contributed by atoms with Gasteiger partial charge in [0, 0.05) is 32.0 Å². The molecule has 104 valence electrons. The average Bonchev–Trinajstić information content (AvgIpc) is 2.37. The molecule has 0 fully saturated rings. The van der Waals surface area contributed by atoms with E-state index < -0.39 is 11.0 Å². The number of nitro benzene ring substituents is 1. The van der Waals surface area contributed by atoms with Crippen molar-refractivity contribution in [1.82, 2.24) is 5.32 Å². The van der Waals surface area contributed by atoms with Gasteiger partial charge in [0.15, 0.2) is 0 Å². The van der Waals surface area contributed by atoms with Gasteiger partial charge in [-0.05, 0) is 12.1 Å². The second-order valence-corrected chi connectivity index (χ2v) is 3.98. The summed E-state index contributed by atoms with van der Waals surface area (Å²) in [5, 5.41) is 22.4. The van der Waals surface area contributed by atoms with Crippen molar-refractivity contribution in [2.45, 2.75) is 19.4 Å². The Morgan fingerprint density at radius 1 is 1.47 bits per heavy atom. The minimum atomic E-state index is -0.679. The molecule has 1 aromatic carbocycles. The van der Waals surface area contributed by atoms with E-state index in [-0.39, 0.29) is 24.7 Å². The quantitative estimate of drug-likeness (QED) is 0.564. The molecular formula is C12H16N2O5. The zero-order valence-electron chi connectivity index (χ0n) is 10.5. The highest BCUT2D eigenvalue weighted by atomic mass is 16.6. The molecule has 19 heavy (non-hydrogen) atoms. The average molecular weight is 268 g/mol. The number of non-ortho nitro benzene ring substituents is 1. The Labute approximate surface area is 110 Å². The van der Waals surface area contributed by atoms with Gasteiger partial charge in [-0.3, -0.25) is 14.9 Å². The van der Waals surface area contributed by atoms with Crippen molar-refractivity contribution in [1.29, 1.82) is 0 Å². The first-order chi connectivity index (χ1) is 8.99. The van der Waals surface area contributed by atoms with E-state index >= 15 is 0 Å². The van der Waals surface area contributed by atoms with Crippen LogP contribution in [-0.4, -0.2) is 35.2 Å². The van der Waals surface area contributed by atoms with Gasteiger partial charge < -0.3 is 15.2 Å². The first kappa shape index (κ1) is 14.9. The third-order valence-corrected chi connectivity index (χ3v) is 2.35. The monoisotopic (exact) mass is 268 g/mol. The summed E-state index contributed by atoms with van der Waals surface area (Å²) in [7, 11) is 0. The molecule has 0 aromatic heterocycles. The minimum absolute atomic E-state index is 0.00181. The molecule has 0 spiro atoms. The van der Waals surface area contributed by atoms with Gasteiger partial charge in [-0.15, -0.1) is 0 Å². The molecule has 0 aliphatic rings. The van der Waals surface area contributed by atoms with Crippen LogP contribution in [0.5, 0.6) is 5.75 Å². The van der Waals surface area contributed by atoms with Crippen molar-refractivity contribution in [2.75, 3.05) is 13.2 Å². The Hall–Kier alpha value is -2.15. The molecule has 0 saturated carbocycles. The highest BCUT2D eigenvalue weighted by molar-refractivity contribution is 5.72. The van der Waals surface area contributed by atoms with Crippen LogP contribution in [0.25, 0.3) is 0 Å².